The van der Waals surface area contributed by atoms with Crippen LogP contribution in [0.1, 0.15) is 27.7 Å². The average Bonchev–Trinajstić information content (AvgIpc) is 2.66. The molecule has 32 heavy (non-hydrogen) atoms. The second kappa shape index (κ2) is 10.7. The Morgan fingerprint density at radius 1 is 0.969 bits per heavy atom. The van der Waals surface area contributed by atoms with Crippen LogP contribution in [0.3, 0.4) is 0 Å². The smallest absolute Gasteiger partial charge is 0.304 e. The van der Waals surface area contributed by atoms with E-state index in [1.54, 1.807) is 52.9 Å². The minimum atomic E-state index is -2.28. The molecule has 1 saturated heterocycles. The van der Waals surface area contributed by atoms with Gasteiger partial charge < -0.3 is 28.4 Å². The van der Waals surface area contributed by atoms with Crippen molar-refractivity contribution in [3.8, 4) is 5.75 Å². The molecule has 0 N–H and O–H groups in total. The number of esters is 4. The summed E-state index contributed by atoms with van der Waals surface area (Å²) in [5.41, 5.74) is 0. The summed E-state index contributed by atoms with van der Waals surface area (Å²) in [6.07, 6.45) is -4.40. The minimum Gasteiger partial charge on any atom is -0.463 e. The molecule has 1 fully saturated rings. The standard InChI is InChI=1S/C20H22ClIO10/c1-11(23)27-10-16-20(22,32-14(4)26)17(28-12(2)24)19(21,31-13(3)25)18(30-16)29-15-8-6-5-7-9-15/h5-9,16-18H,10H2,1-4H3/t16-,17-,18+,19+,20-/m1/s1. The highest BCUT2D eigenvalue weighted by Gasteiger charge is 2.70. The summed E-state index contributed by atoms with van der Waals surface area (Å²) >= 11 is 8.37. The van der Waals surface area contributed by atoms with Gasteiger partial charge >= 0.3 is 23.9 Å². The number of carbonyl (C=O) groups excluding carboxylic acids is 4. The van der Waals surface area contributed by atoms with Crippen LogP contribution in [0.5, 0.6) is 5.75 Å². The van der Waals surface area contributed by atoms with Crippen LogP contribution in [-0.2, 0) is 42.9 Å². The van der Waals surface area contributed by atoms with Crippen molar-refractivity contribution in [2.45, 2.75) is 54.9 Å². The Balaban J connectivity index is 2.62. The van der Waals surface area contributed by atoms with Gasteiger partial charge in [-0.25, -0.2) is 0 Å². The van der Waals surface area contributed by atoms with E-state index in [2.05, 4.69) is 0 Å². The van der Waals surface area contributed by atoms with Crippen LogP contribution in [0.2, 0.25) is 0 Å². The molecular formula is C20H22ClIO10. The van der Waals surface area contributed by atoms with E-state index in [1.165, 1.54) is 6.92 Å². The number of hydrogen-bond acceptors (Lipinski definition) is 10. The van der Waals surface area contributed by atoms with Crippen LogP contribution in [0.4, 0.5) is 0 Å². The van der Waals surface area contributed by atoms with Gasteiger partial charge in [-0.2, -0.15) is 0 Å². The fourth-order valence-electron chi connectivity index (χ4n) is 2.96. The number of para-hydroxylation sites is 1. The molecule has 1 aromatic rings. The highest BCUT2D eigenvalue weighted by Crippen LogP contribution is 2.49. The molecule has 0 amide bonds. The normalized spacial score (nSPS) is 29.4. The fraction of sp³-hybridized carbons (Fsp3) is 0.500. The number of hydrogen-bond donors (Lipinski definition) is 0. The van der Waals surface area contributed by atoms with E-state index in [1.807, 2.05) is 0 Å². The largest absolute Gasteiger partial charge is 0.463 e. The van der Waals surface area contributed by atoms with Gasteiger partial charge in [0.25, 0.3) is 11.4 Å². The van der Waals surface area contributed by atoms with Crippen molar-refractivity contribution in [1.82, 2.24) is 0 Å². The third-order valence-corrected chi connectivity index (χ3v) is 6.01. The molecule has 12 heteroatoms. The maximum absolute atomic E-state index is 12.0. The molecule has 0 unspecified atom stereocenters. The Morgan fingerprint density at radius 2 is 1.56 bits per heavy atom. The maximum atomic E-state index is 12.0. The molecule has 0 spiro atoms. The zero-order valence-electron chi connectivity index (χ0n) is 17.7. The first-order chi connectivity index (χ1) is 14.9. The van der Waals surface area contributed by atoms with Crippen molar-refractivity contribution in [3.63, 3.8) is 0 Å². The average molecular weight is 585 g/mol. The lowest BCUT2D eigenvalue weighted by molar-refractivity contribution is -0.306. The van der Waals surface area contributed by atoms with Gasteiger partial charge in [-0.1, -0.05) is 29.8 Å². The van der Waals surface area contributed by atoms with Crippen molar-refractivity contribution in [2.75, 3.05) is 6.61 Å². The van der Waals surface area contributed by atoms with Crippen molar-refractivity contribution < 1.29 is 47.6 Å². The predicted octanol–water partition coefficient (Wildman–Crippen LogP) is 2.48. The third kappa shape index (κ3) is 6.23. The molecule has 10 nitrogen and oxygen atoms in total. The first kappa shape index (κ1) is 26.1. The van der Waals surface area contributed by atoms with Gasteiger partial charge in [-0.05, 0) is 34.7 Å². The molecule has 0 aromatic heterocycles. The Hall–Kier alpha value is -2.12. The fourth-order valence-corrected chi connectivity index (χ4v) is 4.78. The molecule has 1 aliphatic rings. The second-order valence-electron chi connectivity index (χ2n) is 6.76. The van der Waals surface area contributed by atoms with E-state index < -0.39 is 57.7 Å². The van der Waals surface area contributed by atoms with Crippen LogP contribution in [0.15, 0.2) is 30.3 Å². The van der Waals surface area contributed by atoms with Gasteiger partial charge in [0.2, 0.25) is 9.71 Å². The maximum Gasteiger partial charge on any atom is 0.304 e. The summed E-state index contributed by atoms with van der Waals surface area (Å²) in [5, 5.41) is -2.28. The predicted molar refractivity (Wildman–Crippen MR) is 117 cm³/mol. The lowest BCUT2D eigenvalue weighted by Crippen LogP contribution is -2.72. The molecular weight excluding hydrogens is 563 g/mol. The van der Waals surface area contributed by atoms with Crippen LogP contribution >= 0.6 is 34.2 Å². The number of halogens is 2. The van der Waals surface area contributed by atoms with Crippen LogP contribution in [0.25, 0.3) is 0 Å². The Labute approximate surface area is 202 Å². The number of benzene rings is 1. The number of rotatable bonds is 7. The Bertz CT molecular complexity index is 865. The lowest BCUT2D eigenvalue weighted by atomic mass is 9.97. The minimum absolute atomic E-state index is 0.288. The topological polar surface area (TPSA) is 124 Å². The van der Waals surface area contributed by atoms with Crippen molar-refractivity contribution in [3.05, 3.63) is 30.3 Å². The zero-order valence-corrected chi connectivity index (χ0v) is 20.6. The van der Waals surface area contributed by atoms with Gasteiger partial charge in [0.1, 0.15) is 18.5 Å². The third-order valence-electron chi connectivity index (χ3n) is 4.07. The Morgan fingerprint density at radius 3 is 2.06 bits per heavy atom. The van der Waals surface area contributed by atoms with E-state index in [0.29, 0.717) is 0 Å². The van der Waals surface area contributed by atoms with Gasteiger partial charge in [0.05, 0.1) is 0 Å². The molecule has 0 aliphatic carbocycles. The summed E-state index contributed by atoms with van der Waals surface area (Å²) in [7, 11) is 0. The van der Waals surface area contributed by atoms with Gasteiger partial charge in [0.15, 0.2) is 0 Å². The number of carbonyl (C=O) groups is 4. The van der Waals surface area contributed by atoms with Crippen molar-refractivity contribution in [1.29, 1.82) is 0 Å². The zero-order chi connectivity index (χ0) is 24.1. The second-order valence-corrected chi connectivity index (χ2v) is 9.04. The molecule has 1 heterocycles. The van der Waals surface area contributed by atoms with Crippen molar-refractivity contribution in [2.24, 2.45) is 0 Å². The first-order valence-corrected chi connectivity index (χ1v) is 10.8. The van der Waals surface area contributed by atoms with Gasteiger partial charge in [0, 0.05) is 27.7 Å². The highest BCUT2D eigenvalue weighted by atomic mass is 127. The monoisotopic (exact) mass is 584 g/mol. The highest BCUT2D eigenvalue weighted by molar-refractivity contribution is 14.1. The van der Waals surface area contributed by atoms with E-state index in [-0.39, 0.29) is 5.75 Å². The summed E-state index contributed by atoms with van der Waals surface area (Å²) in [6, 6.07) is 8.29. The van der Waals surface area contributed by atoms with Crippen LogP contribution in [0, 0.1) is 0 Å². The lowest BCUT2D eigenvalue weighted by Gasteiger charge is -2.51. The molecule has 0 saturated carbocycles. The number of alkyl halides is 2. The molecule has 2 rings (SSSR count). The summed E-state index contributed by atoms with van der Waals surface area (Å²) in [4.78, 5) is 47.3. The van der Waals surface area contributed by atoms with Gasteiger partial charge in [-0.15, -0.1) is 0 Å². The van der Waals surface area contributed by atoms with Crippen molar-refractivity contribution >= 4 is 58.1 Å². The molecule has 5 atom stereocenters. The van der Waals surface area contributed by atoms with E-state index in [0.717, 1.165) is 20.8 Å². The van der Waals surface area contributed by atoms with Gasteiger partial charge in [-0.3, -0.25) is 19.2 Å². The van der Waals surface area contributed by atoms with Crippen LogP contribution < -0.4 is 4.74 Å². The quantitative estimate of drug-likeness (QED) is 0.204. The van der Waals surface area contributed by atoms with Crippen LogP contribution in [-0.4, -0.2) is 57.7 Å². The summed E-state index contributed by atoms with van der Waals surface area (Å²) in [5.74, 6) is -2.79. The SMILES string of the molecule is CC(=O)OC[C@H]1O[C@H](Oc2ccccc2)[C@@](Cl)(OC(C)=O)[C@@H](OC(C)=O)[C@]1(I)OC(C)=O. The molecule has 1 aromatic carbocycles. The summed E-state index contributed by atoms with van der Waals surface area (Å²) in [6.45, 7) is 4.06. The molecule has 1 aliphatic heterocycles. The van der Waals surface area contributed by atoms with E-state index in [9.17, 15) is 19.2 Å². The van der Waals surface area contributed by atoms with E-state index >= 15 is 0 Å². The molecule has 0 radical (unpaired) electrons. The molecule has 176 valence electrons. The summed E-state index contributed by atoms with van der Waals surface area (Å²) < 4.78 is 31.1. The molecule has 0 bridgehead atoms. The Kier molecular flexibility index (Phi) is 8.71. The number of ether oxygens (including phenoxy) is 6. The van der Waals surface area contributed by atoms with E-state index in [4.69, 9.17) is 40.0 Å². The first-order valence-electron chi connectivity index (χ1n) is 9.33.